The fourth-order valence-electron chi connectivity index (χ4n) is 3.05. The Morgan fingerprint density at radius 1 is 1.32 bits per heavy atom. The Morgan fingerprint density at radius 3 is 2.58 bits per heavy atom. The number of rotatable bonds is 1. The third kappa shape index (κ3) is 3.21. The molecule has 2 rings (SSSR count). The van der Waals surface area contributed by atoms with E-state index in [-0.39, 0.29) is 11.6 Å². The second kappa shape index (κ2) is 5.55. The minimum atomic E-state index is 0.146. The Hall–Kier alpha value is -0.380. The van der Waals surface area contributed by atoms with E-state index in [1.807, 2.05) is 0 Å². The van der Waals surface area contributed by atoms with Crippen LogP contribution in [0.5, 0.6) is 0 Å². The minimum Gasteiger partial charge on any atom is -0.326 e. The summed E-state index contributed by atoms with van der Waals surface area (Å²) >= 11 is 3.72. The van der Waals surface area contributed by atoms with Gasteiger partial charge in [0, 0.05) is 16.1 Å². The maximum atomic E-state index is 6.44. The van der Waals surface area contributed by atoms with Gasteiger partial charge in [-0.05, 0) is 64.3 Å². The molecule has 2 unspecified atom stereocenters. The molecule has 0 saturated carbocycles. The zero-order chi connectivity index (χ0) is 14.2. The van der Waals surface area contributed by atoms with Gasteiger partial charge in [0.1, 0.15) is 0 Å². The number of likely N-dealkylation sites (tertiary alicyclic amines) is 1. The predicted octanol–water partition coefficient (Wildman–Crippen LogP) is 4.02. The molecule has 0 aromatic heterocycles. The molecule has 1 aliphatic heterocycles. The molecule has 0 aliphatic carbocycles. The molecule has 106 valence electrons. The second-order valence-electron chi connectivity index (χ2n) is 6.64. The molecular weight excluding hydrogens is 300 g/mol. The molecule has 2 atom stereocenters. The zero-order valence-electron chi connectivity index (χ0n) is 12.4. The van der Waals surface area contributed by atoms with Crippen LogP contribution in [0.1, 0.15) is 50.8 Å². The predicted molar refractivity (Wildman–Crippen MR) is 85.3 cm³/mol. The van der Waals surface area contributed by atoms with Gasteiger partial charge in [0.05, 0.1) is 6.04 Å². The lowest BCUT2D eigenvalue weighted by atomic mass is 9.86. The van der Waals surface area contributed by atoms with Crippen LogP contribution in [0.4, 0.5) is 0 Å². The maximum absolute atomic E-state index is 6.44. The van der Waals surface area contributed by atoms with E-state index in [1.165, 1.54) is 22.0 Å². The average molecular weight is 325 g/mol. The molecule has 1 aromatic rings. The van der Waals surface area contributed by atoms with Gasteiger partial charge in [0.25, 0.3) is 0 Å². The number of hydrogen-bond donors (Lipinski definition) is 1. The fourth-order valence-corrected chi connectivity index (χ4v) is 3.78. The normalized spacial score (nSPS) is 25.6. The molecule has 1 aromatic carbocycles. The Morgan fingerprint density at radius 2 is 2.00 bits per heavy atom. The molecule has 0 bridgehead atoms. The van der Waals surface area contributed by atoms with E-state index >= 15 is 0 Å². The molecule has 3 heteroatoms. The zero-order valence-corrected chi connectivity index (χ0v) is 14.0. The average Bonchev–Trinajstić information content (AvgIpc) is 2.28. The summed E-state index contributed by atoms with van der Waals surface area (Å²) in [4.78, 5) is 2.55. The van der Waals surface area contributed by atoms with Crippen LogP contribution in [0.15, 0.2) is 22.7 Å². The van der Waals surface area contributed by atoms with Gasteiger partial charge in [-0.2, -0.15) is 0 Å². The number of hydrogen-bond acceptors (Lipinski definition) is 2. The Bertz CT molecular complexity index is 451. The van der Waals surface area contributed by atoms with E-state index in [0.29, 0.717) is 6.04 Å². The molecule has 2 N–H and O–H groups in total. The summed E-state index contributed by atoms with van der Waals surface area (Å²) in [6, 6.07) is 7.13. The SMILES string of the molecule is Cc1ccc(C2C(N)CCCN2C(C)(C)C)c(Br)c1. The molecule has 19 heavy (non-hydrogen) atoms. The van der Waals surface area contributed by atoms with Crippen molar-refractivity contribution < 1.29 is 0 Å². The van der Waals surface area contributed by atoms with Crippen LogP contribution < -0.4 is 5.73 Å². The first kappa shape index (κ1) is 15.0. The van der Waals surface area contributed by atoms with Crippen LogP contribution in [0.2, 0.25) is 0 Å². The van der Waals surface area contributed by atoms with E-state index in [1.54, 1.807) is 0 Å². The summed E-state index contributed by atoms with van der Waals surface area (Å²) in [5.74, 6) is 0. The lowest BCUT2D eigenvalue weighted by Gasteiger charge is -2.47. The van der Waals surface area contributed by atoms with Gasteiger partial charge in [0.15, 0.2) is 0 Å². The van der Waals surface area contributed by atoms with Crippen molar-refractivity contribution in [1.82, 2.24) is 4.90 Å². The van der Waals surface area contributed by atoms with Crippen LogP contribution in [0, 0.1) is 6.92 Å². The molecule has 0 amide bonds. The van der Waals surface area contributed by atoms with Crippen molar-refractivity contribution in [3.05, 3.63) is 33.8 Å². The van der Waals surface area contributed by atoms with E-state index in [9.17, 15) is 0 Å². The number of piperidine rings is 1. The summed E-state index contributed by atoms with van der Waals surface area (Å²) in [7, 11) is 0. The van der Waals surface area contributed by atoms with Crippen molar-refractivity contribution in [2.24, 2.45) is 5.73 Å². The number of aryl methyl sites for hydroxylation is 1. The summed E-state index contributed by atoms with van der Waals surface area (Å²) in [5.41, 5.74) is 9.19. The second-order valence-corrected chi connectivity index (χ2v) is 7.49. The van der Waals surface area contributed by atoms with Gasteiger partial charge in [-0.1, -0.05) is 28.1 Å². The molecule has 2 nitrogen and oxygen atoms in total. The quantitative estimate of drug-likeness (QED) is 0.845. The van der Waals surface area contributed by atoms with E-state index in [2.05, 4.69) is 66.7 Å². The van der Waals surface area contributed by atoms with Crippen LogP contribution in [0.25, 0.3) is 0 Å². The van der Waals surface area contributed by atoms with Gasteiger partial charge >= 0.3 is 0 Å². The van der Waals surface area contributed by atoms with E-state index < -0.39 is 0 Å². The summed E-state index contributed by atoms with van der Waals surface area (Å²) in [6.45, 7) is 10.1. The highest BCUT2D eigenvalue weighted by Gasteiger charge is 2.37. The number of nitrogens with zero attached hydrogens (tertiary/aromatic N) is 1. The van der Waals surface area contributed by atoms with Crippen molar-refractivity contribution >= 4 is 15.9 Å². The minimum absolute atomic E-state index is 0.146. The van der Waals surface area contributed by atoms with Gasteiger partial charge in [-0.25, -0.2) is 0 Å². The van der Waals surface area contributed by atoms with Gasteiger partial charge < -0.3 is 5.73 Å². The van der Waals surface area contributed by atoms with Crippen molar-refractivity contribution in [1.29, 1.82) is 0 Å². The molecule has 1 fully saturated rings. The van der Waals surface area contributed by atoms with E-state index in [0.717, 1.165) is 13.0 Å². The molecule has 0 spiro atoms. The smallest absolute Gasteiger partial charge is 0.0515 e. The van der Waals surface area contributed by atoms with Crippen molar-refractivity contribution in [2.45, 2.75) is 58.2 Å². The Kier molecular flexibility index (Phi) is 4.38. The molecule has 0 radical (unpaired) electrons. The van der Waals surface area contributed by atoms with Gasteiger partial charge in [0.2, 0.25) is 0 Å². The largest absolute Gasteiger partial charge is 0.326 e. The summed E-state index contributed by atoms with van der Waals surface area (Å²) in [6.07, 6.45) is 2.30. The lowest BCUT2D eigenvalue weighted by molar-refractivity contribution is 0.0381. The summed E-state index contributed by atoms with van der Waals surface area (Å²) in [5, 5.41) is 0. The third-order valence-corrected chi connectivity index (χ3v) is 4.70. The first-order chi connectivity index (χ1) is 8.80. The monoisotopic (exact) mass is 324 g/mol. The van der Waals surface area contributed by atoms with Gasteiger partial charge in [-0.3, -0.25) is 4.90 Å². The summed E-state index contributed by atoms with van der Waals surface area (Å²) < 4.78 is 1.18. The number of halogens is 1. The van der Waals surface area contributed by atoms with Crippen LogP contribution in [-0.4, -0.2) is 23.0 Å². The van der Waals surface area contributed by atoms with Crippen molar-refractivity contribution in [3.8, 4) is 0 Å². The van der Waals surface area contributed by atoms with E-state index in [4.69, 9.17) is 5.73 Å². The first-order valence-electron chi connectivity index (χ1n) is 7.09. The van der Waals surface area contributed by atoms with Crippen LogP contribution >= 0.6 is 15.9 Å². The van der Waals surface area contributed by atoms with Crippen molar-refractivity contribution in [2.75, 3.05) is 6.54 Å². The fraction of sp³-hybridized carbons (Fsp3) is 0.625. The van der Waals surface area contributed by atoms with Crippen LogP contribution in [-0.2, 0) is 0 Å². The highest BCUT2D eigenvalue weighted by Crippen LogP contribution is 2.38. The Balaban J connectivity index is 2.42. The van der Waals surface area contributed by atoms with Crippen LogP contribution in [0.3, 0.4) is 0 Å². The molecule has 1 heterocycles. The highest BCUT2D eigenvalue weighted by molar-refractivity contribution is 9.10. The first-order valence-corrected chi connectivity index (χ1v) is 7.88. The third-order valence-electron chi connectivity index (χ3n) is 4.01. The highest BCUT2D eigenvalue weighted by atomic mass is 79.9. The topological polar surface area (TPSA) is 29.3 Å². The molecule has 1 saturated heterocycles. The van der Waals surface area contributed by atoms with Crippen molar-refractivity contribution in [3.63, 3.8) is 0 Å². The van der Waals surface area contributed by atoms with Gasteiger partial charge in [-0.15, -0.1) is 0 Å². The molecule has 1 aliphatic rings. The number of benzene rings is 1. The lowest BCUT2D eigenvalue weighted by Crippen LogP contribution is -2.53. The standard InChI is InChI=1S/C16H25BrN2/c1-11-7-8-12(13(17)10-11)15-14(18)6-5-9-19(15)16(2,3)4/h7-8,10,14-15H,5-6,9,18H2,1-4H3. The molecular formula is C16H25BrN2. The number of nitrogens with two attached hydrogens (primary N) is 1. The Labute approximate surface area is 125 Å². The maximum Gasteiger partial charge on any atom is 0.0515 e.